The van der Waals surface area contributed by atoms with Crippen molar-refractivity contribution in [1.82, 2.24) is 19.9 Å². The van der Waals surface area contributed by atoms with Gasteiger partial charge in [-0.2, -0.15) is 0 Å². The number of nitrogens with zero attached hydrogens (tertiary/aromatic N) is 2. The first-order valence-electron chi connectivity index (χ1n) is 20.1. The number of benzene rings is 5. The lowest BCUT2D eigenvalue weighted by molar-refractivity contribution is 0.110. The van der Waals surface area contributed by atoms with E-state index in [1.54, 1.807) is 0 Å². The van der Waals surface area contributed by atoms with Crippen LogP contribution in [0.5, 0.6) is 11.5 Å². The van der Waals surface area contributed by atoms with Crippen molar-refractivity contribution < 1.29 is 19.8 Å². The number of aromatic nitrogens is 4. The largest absolute Gasteiger partial charge is 0.507 e. The average Bonchev–Trinajstić information content (AvgIpc) is 4.15. The Balaban J connectivity index is 0.000000377. The summed E-state index contributed by atoms with van der Waals surface area (Å²) in [5.74, 6) is -0.630. The lowest BCUT2D eigenvalue weighted by atomic mass is 10.0. The Hall–Kier alpha value is -9.16. The molecule has 5 aromatic carbocycles. The predicted molar refractivity (Wildman–Crippen MR) is 259 cm³/mol. The second-order valence-corrected chi connectivity index (χ2v) is 15.2. The molecular weight excluding hydrogens is 801 g/mol. The molecule has 0 unspecified atom stereocenters. The molecule has 0 radical (unpaired) electrons. The van der Waals surface area contributed by atoms with Crippen LogP contribution in [0.4, 0.5) is 22.7 Å². The van der Waals surface area contributed by atoms with Gasteiger partial charge in [0, 0.05) is 67.1 Å². The van der Waals surface area contributed by atoms with Gasteiger partial charge in [0.1, 0.15) is 11.5 Å². The molecule has 64 heavy (non-hydrogen) atoms. The number of phenolic OH excluding ortho intramolecular Hbond substituents is 2. The van der Waals surface area contributed by atoms with Crippen LogP contribution < -0.4 is 22.9 Å². The van der Waals surface area contributed by atoms with Crippen molar-refractivity contribution in [2.45, 2.75) is 0 Å². The number of aromatic amines is 2. The molecule has 0 saturated heterocycles. The molecule has 0 atom stereocenters. The van der Waals surface area contributed by atoms with E-state index < -0.39 is 0 Å². The standard InChI is InChI=1S/C44H34N8.C8H6O4/c45-29-9-1-25(2-10-29)41-33-17-19-35(49-33)42(26-3-11-30(46)12-4-26)37-21-23-39(51-37)44(28-7-15-32(48)16-8-28)40-24-22-38(52-40)43(36-20-18-34(41)50-36)27-5-13-31(47)14-6-27;9-3-5-1-7(11)6(4-10)2-8(5)12/h1-24,49,52H,45-48H2;1-4,11-12H. The van der Waals surface area contributed by atoms with Crippen molar-refractivity contribution in [3.8, 4) is 56.0 Å². The van der Waals surface area contributed by atoms with Crippen molar-refractivity contribution >= 4 is 81.7 Å². The molecule has 312 valence electrons. The third kappa shape index (κ3) is 7.81. The Morgan fingerprint density at radius 1 is 0.375 bits per heavy atom. The second-order valence-electron chi connectivity index (χ2n) is 15.2. The monoisotopic (exact) mass is 840 g/mol. The Labute approximate surface area is 366 Å². The summed E-state index contributed by atoms with van der Waals surface area (Å²) in [6.07, 6.45) is 9.07. The Morgan fingerprint density at radius 2 is 0.609 bits per heavy atom. The molecule has 12 N–H and O–H groups in total. The van der Waals surface area contributed by atoms with Crippen molar-refractivity contribution in [1.29, 1.82) is 0 Å². The number of fused-ring (bicyclic) bond motifs is 8. The van der Waals surface area contributed by atoms with Gasteiger partial charge in [-0.15, -0.1) is 0 Å². The number of hydrogen-bond donors (Lipinski definition) is 8. The molecule has 10 rings (SSSR count). The van der Waals surface area contributed by atoms with Crippen LogP contribution in [0.3, 0.4) is 0 Å². The number of aldehydes is 2. The number of H-pyrrole nitrogens is 2. The number of nitrogens with one attached hydrogen (secondary N) is 2. The van der Waals surface area contributed by atoms with E-state index in [0.29, 0.717) is 35.3 Å². The maximum absolute atomic E-state index is 10.2. The van der Waals surface area contributed by atoms with Crippen LogP contribution in [0.2, 0.25) is 0 Å². The zero-order chi connectivity index (χ0) is 44.5. The molecule has 0 saturated carbocycles. The van der Waals surface area contributed by atoms with Crippen LogP contribution in [0, 0.1) is 0 Å². The highest BCUT2D eigenvalue weighted by molar-refractivity contribution is 6.00. The fourth-order valence-corrected chi connectivity index (χ4v) is 7.82. The third-order valence-corrected chi connectivity index (χ3v) is 11.0. The normalized spacial score (nSPS) is 11.5. The smallest absolute Gasteiger partial charge is 0.153 e. The molecule has 0 aliphatic carbocycles. The number of nitrogen functional groups attached to an aromatic ring is 4. The van der Waals surface area contributed by atoms with Crippen LogP contribution in [0.1, 0.15) is 43.5 Å². The summed E-state index contributed by atoms with van der Waals surface area (Å²) in [5, 5.41) is 18.1. The maximum Gasteiger partial charge on any atom is 0.153 e. The van der Waals surface area contributed by atoms with E-state index in [1.165, 1.54) is 0 Å². The third-order valence-electron chi connectivity index (χ3n) is 11.0. The predicted octanol–water partition coefficient (Wildman–Crippen LogP) is 10.4. The lowest BCUT2D eigenvalue weighted by Gasteiger charge is -2.07. The van der Waals surface area contributed by atoms with Crippen LogP contribution in [-0.2, 0) is 0 Å². The average molecular weight is 841 g/mol. The summed E-state index contributed by atoms with van der Waals surface area (Å²) in [7, 11) is 0. The minimum Gasteiger partial charge on any atom is -0.507 e. The number of aromatic hydroxyl groups is 2. The number of carbonyl (C=O) groups excluding carboxylic acids is 2. The van der Waals surface area contributed by atoms with E-state index in [9.17, 15) is 9.59 Å². The first-order chi connectivity index (χ1) is 31.1. The minimum atomic E-state index is -0.315. The zero-order valence-electron chi connectivity index (χ0n) is 34.1. The lowest BCUT2D eigenvalue weighted by Crippen LogP contribution is -1.91. The van der Waals surface area contributed by atoms with Gasteiger partial charge >= 0.3 is 0 Å². The summed E-state index contributed by atoms with van der Waals surface area (Å²) in [6.45, 7) is 0. The number of phenols is 2. The second kappa shape index (κ2) is 16.7. The van der Waals surface area contributed by atoms with Gasteiger partial charge in [-0.3, -0.25) is 9.59 Å². The molecule has 0 amide bonds. The molecule has 8 aromatic rings. The highest BCUT2D eigenvalue weighted by Gasteiger charge is 2.19. The Bertz CT molecular complexity index is 2940. The van der Waals surface area contributed by atoms with E-state index in [1.807, 2.05) is 97.1 Å². The van der Waals surface area contributed by atoms with Gasteiger partial charge in [0.25, 0.3) is 0 Å². The Kier molecular flexibility index (Phi) is 10.5. The zero-order valence-corrected chi connectivity index (χ0v) is 34.1. The van der Waals surface area contributed by atoms with Gasteiger partial charge in [-0.05, 0) is 131 Å². The topological polar surface area (TPSA) is 236 Å². The van der Waals surface area contributed by atoms with Crippen LogP contribution in [0.25, 0.3) is 90.9 Å². The van der Waals surface area contributed by atoms with Gasteiger partial charge in [0.2, 0.25) is 0 Å². The van der Waals surface area contributed by atoms with Gasteiger partial charge in [0.15, 0.2) is 12.6 Å². The summed E-state index contributed by atoms with van der Waals surface area (Å²) in [6, 6.07) is 42.0. The molecule has 2 aliphatic rings. The van der Waals surface area contributed by atoms with E-state index in [2.05, 4.69) is 58.5 Å². The fraction of sp³-hybridized carbons (Fsp3) is 0. The van der Waals surface area contributed by atoms with Crippen molar-refractivity contribution in [3.63, 3.8) is 0 Å². The number of rotatable bonds is 6. The molecule has 0 spiro atoms. The number of hydrogen-bond acceptors (Lipinski definition) is 10. The van der Waals surface area contributed by atoms with Crippen LogP contribution in [-0.4, -0.2) is 42.7 Å². The molecule has 8 bridgehead atoms. The fourth-order valence-electron chi connectivity index (χ4n) is 7.82. The van der Waals surface area contributed by atoms with Gasteiger partial charge in [0.05, 0.1) is 33.9 Å². The van der Waals surface area contributed by atoms with Crippen molar-refractivity contribution in [2.75, 3.05) is 22.9 Å². The highest BCUT2D eigenvalue weighted by Crippen LogP contribution is 2.39. The van der Waals surface area contributed by atoms with E-state index in [0.717, 1.165) is 101 Å². The summed E-state index contributed by atoms with van der Waals surface area (Å²) in [5.41, 5.74) is 41.8. The van der Waals surface area contributed by atoms with E-state index in [4.69, 9.17) is 43.1 Å². The van der Waals surface area contributed by atoms with Crippen LogP contribution >= 0.6 is 0 Å². The molecule has 3 aromatic heterocycles. The maximum atomic E-state index is 10.2. The van der Waals surface area contributed by atoms with Gasteiger partial charge < -0.3 is 43.1 Å². The summed E-state index contributed by atoms with van der Waals surface area (Å²) in [4.78, 5) is 38.6. The molecule has 12 nitrogen and oxygen atoms in total. The molecule has 12 heteroatoms. The molecule has 0 fully saturated rings. The van der Waals surface area contributed by atoms with Gasteiger partial charge in [-0.1, -0.05) is 48.5 Å². The van der Waals surface area contributed by atoms with Gasteiger partial charge in [-0.25, -0.2) is 9.97 Å². The highest BCUT2D eigenvalue weighted by atomic mass is 16.3. The number of carbonyl (C=O) groups is 2. The molecule has 2 aliphatic heterocycles. The minimum absolute atomic E-state index is 0.0434. The van der Waals surface area contributed by atoms with Crippen LogP contribution in [0.15, 0.2) is 133 Å². The summed E-state index contributed by atoms with van der Waals surface area (Å²) >= 11 is 0. The number of anilines is 4. The van der Waals surface area contributed by atoms with Crippen molar-refractivity contribution in [2.24, 2.45) is 0 Å². The SMILES string of the molecule is Nc1ccc(-c2c3nc(c(-c4ccc(N)cc4)c4ccc([nH]4)c(-c4ccc(N)cc4)c4nc(c(-c5ccc(N)cc5)c5ccc2[nH]5)C=C4)C=C3)cc1.O=Cc1cc(O)c(C=O)cc1O. The Morgan fingerprint density at radius 3 is 0.828 bits per heavy atom. The number of nitrogens with two attached hydrogens (primary N) is 4. The van der Waals surface area contributed by atoms with Crippen molar-refractivity contribution in [3.05, 3.63) is 167 Å². The van der Waals surface area contributed by atoms with E-state index >= 15 is 0 Å². The first kappa shape index (κ1) is 40.3. The first-order valence-corrected chi connectivity index (χ1v) is 20.1. The molecule has 5 heterocycles. The molecular formula is C52H40N8O4. The van der Waals surface area contributed by atoms with E-state index in [-0.39, 0.29) is 22.6 Å². The quantitative estimate of drug-likeness (QED) is 0.0448. The summed E-state index contributed by atoms with van der Waals surface area (Å²) < 4.78 is 0.